The molecular formula is C27H32N2O. The number of nitrogens with zero attached hydrogens (tertiary/aromatic N) is 1. The average Bonchev–Trinajstić information content (AvgIpc) is 2.73. The number of hydrogen-bond acceptors (Lipinski definition) is 2. The van der Waals surface area contributed by atoms with Crippen molar-refractivity contribution in [1.29, 1.82) is 0 Å². The lowest BCUT2D eigenvalue weighted by molar-refractivity contribution is 0.0911. The number of rotatable bonds is 6. The summed E-state index contributed by atoms with van der Waals surface area (Å²) in [5.41, 5.74) is 7.08. The molecule has 0 saturated heterocycles. The first kappa shape index (κ1) is 21.8. The van der Waals surface area contributed by atoms with E-state index in [1.54, 1.807) is 0 Å². The van der Waals surface area contributed by atoms with E-state index in [1.165, 1.54) is 11.1 Å². The molecule has 0 aliphatic carbocycles. The van der Waals surface area contributed by atoms with Crippen LogP contribution >= 0.6 is 0 Å². The van der Waals surface area contributed by atoms with Crippen LogP contribution in [0.25, 0.3) is 22.3 Å². The van der Waals surface area contributed by atoms with Crippen LogP contribution in [0.1, 0.15) is 68.4 Å². The van der Waals surface area contributed by atoms with E-state index in [0.717, 1.165) is 28.7 Å². The van der Waals surface area contributed by atoms with Crippen LogP contribution < -0.4 is 5.32 Å². The van der Waals surface area contributed by atoms with Gasteiger partial charge < -0.3 is 5.32 Å². The topological polar surface area (TPSA) is 42.0 Å². The first-order valence-corrected chi connectivity index (χ1v) is 10.7. The Hall–Kier alpha value is -2.94. The molecule has 3 rings (SSSR count). The van der Waals surface area contributed by atoms with E-state index in [9.17, 15) is 4.79 Å². The molecule has 1 N–H and O–H groups in total. The number of carbonyl (C=O) groups is 1. The lowest BCUT2D eigenvalue weighted by atomic mass is 9.90. The smallest absolute Gasteiger partial charge is 0.251 e. The van der Waals surface area contributed by atoms with Gasteiger partial charge in [-0.25, -0.2) is 0 Å². The zero-order valence-corrected chi connectivity index (χ0v) is 18.9. The Bertz CT molecular complexity index is 1030. The molecule has 3 heteroatoms. The Labute approximate surface area is 180 Å². The van der Waals surface area contributed by atoms with Gasteiger partial charge >= 0.3 is 0 Å². The lowest BCUT2D eigenvalue weighted by Gasteiger charge is -2.25. The third kappa shape index (κ3) is 4.96. The van der Waals surface area contributed by atoms with Crippen LogP contribution in [0.2, 0.25) is 0 Å². The molecule has 0 fully saturated rings. The highest BCUT2D eigenvalue weighted by Crippen LogP contribution is 2.33. The average molecular weight is 401 g/mol. The number of amides is 1. The Morgan fingerprint density at radius 2 is 1.67 bits per heavy atom. The molecule has 1 heterocycles. The van der Waals surface area contributed by atoms with E-state index >= 15 is 0 Å². The number of aromatic nitrogens is 1. The number of aryl methyl sites for hydroxylation is 1. The standard InChI is InChI=1S/C27H32N2O/c1-7-27(5,6)29-26(30)23-15-21(20-10-8-19(4)9-11-20)14-22(16-23)25-17-28-13-12-24(25)18(2)3/h8-18H,7H2,1-6H3,(H,29,30). The second-order valence-electron chi connectivity index (χ2n) is 8.97. The molecule has 1 aromatic heterocycles. The minimum Gasteiger partial charge on any atom is -0.347 e. The fourth-order valence-electron chi connectivity index (χ4n) is 3.44. The largest absolute Gasteiger partial charge is 0.347 e. The normalized spacial score (nSPS) is 11.6. The van der Waals surface area contributed by atoms with Crippen molar-refractivity contribution in [3.05, 3.63) is 77.6 Å². The van der Waals surface area contributed by atoms with Gasteiger partial charge in [0.25, 0.3) is 5.91 Å². The van der Waals surface area contributed by atoms with Crippen molar-refractivity contribution in [3.8, 4) is 22.3 Å². The van der Waals surface area contributed by atoms with Crippen LogP contribution in [0.15, 0.2) is 60.9 Å². The number of hydrogen-bond donors (Lipinski definition) is 1. The summed E-state index contributed by atoms with van der Waals surface area (Å²) in [6.07, 6.45) is 4.60. The quantitative estimate of drug-likeness (QED) is 0.496. The zero-order chi connectivity index (χ0) is 21.9. The summed E-state index contributed by atoms with van der Waals surface area (Å²) in [6.45, 7) is 12.6. The van der Waals surface area contributed by atoms with E-state index < -0.39 is 0 Å². The summed E-state index contributed by atoms with van der Waals surface area (Å²) in [6, 6.07) is 16.6. The maximum atomic E-state index is 13.1. The summed E-state index contributed by atoms with van der Waals surface area (Å²) in [4.78, 5) is 17.5. The summed E-state index contributed by atoms with van der Waals surface area (Å²) < 4.78 is 0. The predicted molar refractivity (Wildman–Crippen MR) is 126 cm³/mol. The number of pyridine rings is 1. The lowest BCUT2D eigenvalue weighted by Crippen LogP contribution is -2.42. The van der Waals surface area contributed by atoms with Gasteiger partial charge in [-0.05, 0) is 79.6 Å². The molecule has 0 aliphatic rings. The molecule has 3 nitrogen and oxygen atoms in total. The zero-order valence-electron chi connectivity index (χ0n) is 18.9. The van der Waals surface area contributed by atoms with E-state index in [1.807, 2.05) is 38.4 Å². The molecule has 0 bridgehead atoms. The van der Waals surface area contributed by atoms with Gasteiger partial charge in [-0.15, -0.1) is 0 Å². The van der Waals surface area contributed by atoms with Crippen LogP contribution in [-0.4, -0.2) is 16.4 Å². The van der Waals surface area contributed by atoms with Crippen molar-refractivity contribution >= 4 is 5.91 Å². The summed E-state index contributed by atoms with van der Waals surface area (Å²) >= 11 is 0. The highest BCUT2D eigenvalue weighted by atomic mass is 16.1. The highest BCUT2D eigenvalue weighted by Gasteiger charge is 2.20. The van der Waals surface area contributed by atoms with Crippen LogP contribution in [0.4, 0.5) is 0 Å². The van der Waals surface area contributed by atoms with Crippen molar-refractivity contribution in [3.63, 3.8) is 0 Å². The number of nitrogens with one attached hydrogen (secondary N) is 1. The van der Waals surface area contributed by atoms with Gasteiger partial charge in [-0.2, -0.15) is 0 Å². The Balaban J connectivity index is 2.16. The van der Waals surface area contributed by atoms with Crippen LogP contribution in [0, 0.1) is 6.92 Å². The van der Waals surface area contributed by atoms with Gasteiger partial charge in [-0.3, -0.25) is 9.78 Å². The fourth-order valence-corrected chi connectivity index (χ4v) is 3.44. The summed E-state index contributed by atoms with van der Waals surface area (Å²) in [5, 5.41) is 3.17. The van der Waals surface area contributed by atoms with Crippen molar-refractivity contribution in [2.45, 2.75) is 59.4 Å². The van der Waals surface area contributed by atoms with Crippen LogP contribution in [-0.2, 0) is 0 Å². The van der Waals surface area contributed by atoms with E-state index in [4.69, 9.17) is 0 Å². The minimum atomic E-state index is -0.255. The van der Waals surface area contributed by atoms with E-state index in [-0.39, 0.29) is 11.4 Å². The molecule has 0 spiro atoms. The molecule has 1 amide bonds. The minimum absolute atomic E-state index is 0.0490. The summed E-state index contributed by atoms with van der Waals surface area (Å²) in [7, 11) is 0. The van der Waals surface area contributed by atoms with Crippen molar-refractivity contribution in [2.24, 2.45) is 0 Å². The van der Waals surface area contributed by atoms with Gasteiger partial charge in [0.05, 0.1) is 0 Å². The van der Waals surface area contributed by atoms with Crippen molar-refractivity contribution in [1.82, 2.24) is 10.3 Å². The maximum absolute atomic E-state index is 13.1. The Morgan fingerprint density at radius 3 is 2.30 bits per heavy atom. The molecule has 0 aliphatic heterocycles. The molecule has 30 heavy (non-hydrogen) atoms. The first-order valence-electron chi connectivity index (χ1n) is 10.7. The van der Waals surface area contributed by atoms with Gasteiger partial charge in [-0.1, -0.05) is 50.6 Å². The third-order valence-electron chi connectivity index (χ3n) is 5.70. The second kappa shape index (κ2) is 8.83. The molecule has 3 aromatic rings. The molecule has 0 unspecified atom stereocenters. The molecular weight excluding hydrogens is 368 g/mol. The molecule has 0 radical (unpaired) electrons. The monoisotopic (exact) mass is 400 g/mol. The van der Waals surface area contributed by atoms with Gasteiger partial charge in [0.1, 0.15) is 0 Å². The SMILES string of the molecule is CCC(C)(C)NC(=O)c1cc(-c2ccc(C)cc2)cc(-c2cnccc2C(C)C)c1. The van der Waals surface area contributed by atoms with Gasteiger partial charge in [0.2, 0.25) is 0 Å². The van der Waals surface area contributed by atoms with Crippen molar-refractivity contribution in [2.75, 3.05) is 0 Å². The van der Waals surface area contributed by atoms with E-state index in [0.29, 0.717) is 11.5 Å². The molecule has 2 aromatic carbocycles. The van der Waals surface area contributed by atoms with Crippen LogP contribution in [0.3, 0.4) is 0 Å². The molecule has 0 atom stereocenters. The third-order valence-corrected chi connectivity index (χ3v) is 5.70. The first-order chi connectivity index (χ1) is 14.2. The fraction of sp³-hybridized carbons (Fsp3) is 0.333. The number of benzene rings is 2. The molecule has 0 saturated carbocycles. The number of carbonyl (C=O) groups excluding carboxylic acids is 1. The maximum Gasteiger partial charge on any atom is 0.251 e. The van der Waals surface area contributed by atoms with Gasteiger partial charge in [0, 0.05) is 29.1 Å². The Kier molecular flexibility index (Phi) is 6.40. The summed E-state index contributed by atoms with van der Waals surface area (Å²) in [5.74, 6) is 0.314. The predicted octanol–water partition coefficient (Wildman–Crippen LogP) is 6.77. The van der Waals surface area contributed by atoms with E-state index in [2.05, 4.69) is 74.4 Å². The van der Waals surface area contributed by atoms with Crippen LogP contribution in [0.5, 0.6) is 0 Å². The molecule has 156 valence electrons. The van der Waals surface area contributed by atoms with Gasteiger partial charge in [0.15, 0.2) is 0 Å². The second-order valence-corrected chi connectivity index (χ2v) is 8.97. The Morgan fingerprint density at radius 1 is 1.00 bits per heavy atom. The highest BCUT2D eigenvalue weighted by molar-refractivity contribution is 5.97. The van der Waals surface area contributed by atoms with Crippen molar-refractivity contribution < 1.29 is 4.79 Å².